The van der Waals surface area contributed by atoms with Crippen molar-refractivity contribution in [3.05, 3.63) is 24.0 Å². The SMILES string of the molecule is CN1CCC2(CCN(c3ccc(C(=O)O)nc3)CC2)C1=O. The highest BCUT2D eigenvalue weighted by Crippen LogP contribution is 2.41. The van der Waals surface area contributed by atoms with E-state index in [2.05, 4.69) is 9.88 Å². The highest BCUT2D eigenvalue weighted by atomic mass is 16.4. The summed E-state index contributed by atoms with van der Waals surface area (Å²) in [5.41, 5.74) is 0.813. The van der Waals surface area contributed by atoms with Gasteiger partial charge in [0.05, 0.1) is 17.3 Å². The highest BCUT2D eigenvalue weighted by Gasteiger charge is 2.46. The molecular weight excluding hydrogens is 270 g/mol. The molecule has 2 fully saturated rings. The number of likely N-dealkylation sites (tertiary alicyclic amines) is 1. The minimum atomic E-state index is -1.02. The minimum Gasteiger partial charge on any atom is -0.477 e. The Morgan fingerprint density at radius 2 is 1.90 bits per heavy atom. The van der Waals surface area contributed by atoms with Gasteiger partial charge in [0.2, 0.25) is 5.91 Å². The third kappa shape index (κ3) is 2.34. The van der Waals surface area contributed by atoms with E-state index in [1.54, 1.807) is 12.3 Å². The molecule has 1 amide bonds. The molecule has 0 radical (unpaired) electrons. The number of carboxylic acids is 1. The third-order valence-corrected chi connectivity index (χ3v) is 4.78. The van der Waals surface area contributed by atoms with E-state index >= 15 is 0 Å². The van der Waals surface area contributed by atoms with Crippen LogP contribution in [0.1, 0.15) is 29.8 Å². The first-order chi connectivity index (χ1) is 10.0. The predicted molar refractivity (Wildman–Crippen MR) is 77.3 cm³/mol. The van der Waals surface area contributed by atoms with Gasteiger partial charge in [-0.2, -0.15) is 0 Å². The van der Waals surface area contributed by atoms with Crippen LogP contribution in [0.5, 0.6) is 0 Å². The molecule has 3 heterocycles. The summed E-state index contributed by atoms with van der Waals surface area (Å²) >= 11 is 0. The number of amides is 1. The van der Waals surface area contributed by atoms with Gasteiger partial charge in [0.15, 0.2) is 0 Å². The number of carbonyl (C=O) groups is 2. The van der Waals surface area contributed by atoms with E-state index in [-0.39, 0.29) is 17.0 Å². The van der Waals surface area contributed by atoms with E-state index in [0.717, 1.165) is 44.6 Å². The van der Waals surface area contributed by atoms with Crippen molar-refractivity contribution >= 4 is 17.6 Å². The number of anilines is 1. The number of carbonyl (C=O) groups excluding carboxylic acids is 1. The van der Waals surface area contributed by atoms with Crippen LogP contribution in [0.2, 0.25) is 0 Å². The maximum absolute atomic E-state index is 12.3. The van der Waals surface area contributed by atoms with Crippen LogP contribution in [-0.4, -0.2) is 53.5 Å². The van der Waals surface area contributed by atoms with Crippen LogP contribution >= 0.6 is 0 Å². The summed E-state index contributed by atoms with van der Waals surface area (Å²) < 4.78 is 0. The van der Waals surface area contributed by atoms with Gasteiger partial charge in [0, 0.05) is 26.7 Å². The molecule has 6 heteroatoms. The van der Waals surface area contributed by atoms with Gasteiger partial charge in [-0.3, -0.25) is 4.79 Å². The molecule has 0 saturated carbocycles. The molecule has 0 bridgehead atoms. The van der Waals surface area contributed by atoms with E-state index < -0.39 is 5.97 Å². The summed E-state index contributed by atoms with van der Waals surface area (Å²) in [6.45, 7) is 2.48. The van der Waals surface area contributed by atoms with Crippen molar-refractivity contribution in [3.8, 4) is 0 Å². The number of nitrogens with zero attached hydrogens (tertiary/aromatic N) is 3. The largest absolute Gasteiger partial charge is 0.477 e. The quantitative estimate of drug-likeness (QED) is 0.886. The Hall–Kier alpha value is -2.11. The van der Waals surface area contributed by atoms with Crippen LogP contribution in [0.4, 0.5) is 5.69 Å². The normalized spacial score (nSPS) is 21.1. The van der Waals surface area contributed by atoms with Crippen LogP contribution in [0.3, 0.4) is 0 Å². The molecule has 1 aromatic rings. The molecule has 0 atom stereocenters. The lowest BCUT2D eigenvalue weighted by Crippen LogP contribution is -2.44. The molecular formula is C15H19N3O3. The molecule has 21 heavy (non-hydrogen) atoms. The van der Waals surface area contributed by atoms with Gasteiger partial charge in [-0.05, 0) is 31.4 Å². The standard InChI is InChI=1S/C15H19N3O3/c1-17-7-4-15(14(17)21)5-8-18(9-6-15)11-2-3-12(13(19)20)16-10-11/h2-3,10H,4-9H2,1H3,(H,19,20). The number of aromatic carboxylic acids is 1. The zero-order chi connectivity index (χ0) is 15.0. The Balaban J connectivity index is 1.68. The van der Waals surface area contributed by atoms with Crippen LogP contribution in [-0.2, 0) is 4.79 Å². The Kier molecular flexibility index (Phi) is 3.31. The molecule has 1 aromatic heterocycles. The third-order valence-electron chi connectivity index (χ3n) is 4.78. The monoisotopic (exact) mass is 289 g/mol. The Bertz CT molecular complexity index is 562. The molecule has 0 aliphatic carbocycles. The lowest BCUT2D eigenvalue weighted by molar-refractivity contribution is -0.135. The van der Waals surface area contributed by atoms with Crippen molar-refractivity contribution in [2.24, 2.45) is 5.41 Å². The molecule has 1 spiro atoms. The molecule has 1 N–H and O–H groups in total. The summed E-state index contributed by atoms with van der Waals surface area (Å²) in [6, 6.07) is 3.31. The molecule has 0 unspecified atom stereocenters. The summed E-state index contributed by atoms with van der Waals surface area (Å²) in [6.07, 6.45) is 4.27. The van der Waals surface area contributed by atoms with Crippen LogP contribution < -0.4 is 4.90 Å². The highest BCUT2D eigenvalue weighted by molar-refractivity contribution is 5.86. The zero-order valence-electron chi connectivity index (χ0n) is 12.1. The van der Waals surface area contributed by atoms with E-state index in [4.69, 9.17) is 5.11 Å². The van der Waals surface area contributed by atoms with Crippen molar-refractivity contribution in [1.82, 2.24) is 9.88 Å². The Morgan fingerprint density at radius 1 is 1.24 bits per heavy atom. The van der Waals surface area contributed by atoms with Crippen molar-refractivity contribution in [1.29, 1.82) is 0 Å². The maximum Gasteiger partial charge on any atom is 0.354 e. The second kappa shape index (κ2) is 5.02. The van der Waals surface area contributed by atoms with Gasteiger partial charge < -0.3 is 14.9 Å². The average molecular weight is 289 g/mol. The predicted octanol–water partition coefficient (Wildman–Crippen LogP) is 1.23. The summed E-state index contributed by atoms with van der Waals surface area (Å²) in [5, 5.41) is 8.86. The van der Waals surface area contributed by atoms with E-state index in [0.29, 0.717) is 0 Å². The van der Waals surface area contributed by atoms with Crippen molar-refractivity contribution in [2.75, 3.05) is 31.6 Å². The Labute approximate surface area is 123 Å². The molecule has 3 rings (SSSR count). The van der Waals surface area contributed by atoms with Gasteiger partial charge in [0.1, 0.15) is 5.69 Å². The summed E-state index contributed by atoms with van der Waals surface area (Å²) in [4.78, 5) is 31.0. The lowest BCUT2D eigenvalue weighted by Gasteiger charge is -2.38. The number of hydrogen-bond acceptors (Lipinski definition) is 4. The van der Waals surface area contributed by atoms with E-state index in [9.17, 15) is 9.59 Å². The zero-order valence-corrected chi connectivity index (χ0v) is 12.1. The molecule has 0 aromatic carbocycles. The topological polar surface area (TPSA) is 73.7 Å². The number of piperidine rings is 1. The average Bonchev–Trinajstić information content (AvgIpc) is 2.77. The number of rotatable bonds is 2. The van der Waals surface area contributed by atoms with Crippen molar-refractivity contribution < 1.29 is 14.7 Å². The second-order valence-electron chi connectivity index (χ2n) is 5.95. The molecule has 6 nitrogen and oxygen atoms in total. The number of hydrogen-bond donors (Lipinski definition) is 1. The first kappa shape index (κ1) is 13.9. The number of pyridine rings is 1. The van der Waals surface area contributed by atoms with E-state index in [1.165, 1.54) is 6.07 Å². The Morgan fingerprint density at radius 3 is 2.38 bits per heavy atom. The molecule has 2 saturated heterocycles. The number of carboxylic acid groups (broad SMARTS) is 1. The first-order valence-electron chi connectivity index (χ1n) is 7.22. The first-order valence-corrected chi connectivity index (χ1v) is 7.22. The summed E-state index contributed by atoms with van der Waals surface area (Å²) in [7, 11) is 1.87. The maximum atomic E-state index is 12.3. The van der Waals surface area contributed by atoms with Crippen molar-refractivity contribution in [2.45, 2.75) is 19.3 Å². The van der Waals surface area contributed by atoms with E-state index in [1.807, 2.05) is 11.9 Å². The second-order valence-corrected chi connectivity index (χ2v) is 5.95. The van der Waals surface area contributed by atoms with Crippen molar-refractivity contribution in [3.63, 3.8) is 0 Å². The number of aromatic nitrogens is 1. The fourth-order valence-electron chi connectivity index (χ4n) is 3.35. The summed E-state index contributed by atoms with van der Waals surface area (Å²) in [5.74, 6) is -0.736. The van der Waals surface area contributed by atoms with Crippen LogP contribution in [0.25, 0.3) is 0 Å². The fraction of sp³-hybridized carbons (Fsp3) is 0.533. The lowest BCUT2D eigenvalue weighted by atomic mass is 9.77. The van der Waals surface area contributed by atoms with Gasteiger partial charge in [-0.15, -0.1) is 0 Å². The van der Waals surface area contributed by atoms with Crippen LogP contribution in [0.15, 0.2) is 18.3 Å². The smallest absolute Gasteiger partial charge is 0.354 e. The fourth-order valence-corrected chi connectivity index (χ4v) is 3.35. The van der Waals surface area contributed by atoms with Gasteiger partial charge in [-0.25, -0.2) is 9.78 Å². The molecule has 2 aliphatic heterocycles. The molecule has 112 valence electrons. The van der Waals surface area contributed by atoms with Crippen LogP contribution in [0, 0.1) is 5.41 Å². The van der Waals surface area contributed by atoms with Gasteiger partial charge >= 0.3 is 5.97 Å². The minimum absolute atomic E-state index is 0.0554. The van der Waals surface area contributed by atoms with Gasteiger partial charge in [-0.1, -0.05) is 0 Å². The molecule has 2 aliphatic rings. The van der Waals surface area contributed by atoms with Gasteiger partial charge in [0.25, 0.3) is 0 Å².